The van der Waals surface area contributed by atoms with Crippen LogP contribution in [0.5, 0.6) is 0 Å². The highest BCUT2D eigenvalue weighted by Gasteiger charge is 2.01. The number of nitrogens with one attached hydrogen (secondary N) is 1. The Morgan fingerprint density at radius 3 is 2.00 bits per heavy atom. The summed E-state index contributed by atoms with van der Waals surface area (Å²) in [7, 11) is 2.15. The normalized spacial score (nSPS) is 18.4. The van der Waals surface area contributed by atoms with Gasteiger partial charge >= 0.3 is 0 Å². The molecule has 0 atom stereocenters. The van der Waals surface area contributed by atoms with Gasteiger partial charge in [0, 0.05) is 33.1 Å². The summed E-state index contributed by atoms with van der Waals surface area (Å²) in [6, 6.07) is 0. The van der Waals surface area contributed by atoms with Crippen molar-refractivity contribution in [3.05, 3.63) is 0 Å². The summed E-state index contributed by atoms with van der Waals surface area (Å²) in [6.45, 7) is 6.05. The van der Waals surface area contributed by atoms with Gasteiger partial charge in [-0.1, -0.05) is 0 Å². The second-order valence-corrected chi connectivity index (χ2v) is 2.66. The molecule has 3 N–H and O–H groups in total. The first-order chi connectivity index (χ1) is 5.13. The van der Waals surface area contributed by atoms with E-state index in [1.807, 2.05) is 0 Å². The van der Waals surface area contributed by atoms with Crippen molar-refractivity contribution in [2.24, 2.45) is 5.73 Å². The highest BCUT2D eigenvalue weighted by atomic mass is 16.1. The summed E-state index contributed by atoms with van der Waals surface area (Å²) in [5.74, 6) is -0.333. The van der Waals surface area contributed by atoms with Crippen molar-refractivity contribution in [1.82, 2.24) is 10.2 Å². The zero-order valence-corrected chi connectivity index (χ0v) is 7.26. The summed E-state index contributed by atoms with van der Waals surface area (Å²) in [5, 5.41) is 3.27. The summed E-state index contributed by atoms with van der Waals surface area (Å²) in [6.07, 6.45) is 0. The fraction of sp³-hybridized carbons (Fsp3) is 0.857. The minimum Gasteiger partial charge on any atom is -0.370 e. The molecule has 4 heteroatoms. The minimum atomic E-state index is -0.333. The minimum absolute atomic E-state index is 0.333. The number of carbonyl (C=O) groups excluding carboxylic acids is 1. The highest BCUT2D eigenvalue weighted by Crippen LogP contribution is 1.82. The van der Waals surface area contributed by atoms with Gasteiger partial charge in [-0.2, -0.15) is 0 Å². The molecule has 0 unspecified atom stereocenters. The first kappa shape index (κ1) is 10.4. The van der Waals surface area contributed by atoms with Crippen molar-refractivity contribution < 1.29 is 4.79 Å². The number of nitrogens with two attached hydrogens (primary N) is 1. The smallest absolute Gasteiger partial charge is 0.214 e. The Kier molecular flexibility index (Phi) is 5.78. The van der Waals surface area contributed by atoms with E-state index in [9.17, 15) is 4.79 Å². The summed E-state index contributed by atoms with van der Waals surface area (Å²) >= 11 is 0. The van der Waals surface area contributed by atoms with Crippen molar-refractivity contribution in [3.63, 3.8) is 0 Å². The molecule has 66 valence electrons. The predicted molar refractivity (Wildman–Crippen MR) is 45.2 cm³/mol. The van der Waals surface area contributed by atoms with Gasteiger partial charge in [0.2, 0.25) is 5.91 Å². The molecule has 0 bridgehead atoms. The van der Waals surface area contributed by atoms with Gasteiger partial charge in [-0.3, -0.25) is 4.79 Å². The van der Waals surface area contributed by atoms with Crippen LogP contribution in [-0.2, 0) is 4.79 Å². The van der Waals surface area contributed by atoms with Gasteiger partial charge in [0.25, 0.3) is 0 Å². The quantitative estimate of drug-likeness (QED) is 0.477. The molecule has 0 radical (unpaired) electrons. The highest BCUT2D eigenvalue weighted by molar-refractivity contribution is 5.70. The van der Waals surface area contributed by atoms with Crippen LogP contribution in [0.4, 0.5) is 0 Å². The Morgan fingerprint density at radius 2 is 1.82 bits per heavy atom. The third-order valence-corrected chi connectivity index (χ3v) is 1.34. The number of rotatable bonds is 0. The molecular formula is C7H17N3O. The van der Waals surface area contributed by atoms with Crippen molar-refractivity contribution in [2.75, 3.05) is 33.2 Å². The lowest BCUT2D eigenvalue weighted by molar-refractivity contribution is -0.115. The molecular weight excluding hydrogens is 142 g/mol. The largest absolute Gasteiger partial charge is 0.370 e. The molecule has 11 heavy (non-hydrogen) atoms. The number of piperazine rings is 1. The Balaban J connectivity index is 0.000000218. The van der Waals surface area contributed by atoms with Crippen LogP contribution in [-0.4, -0.2) is 44.0 Å². The Hall–Kier alpha value is -0.610. The van der Waals surface area contributed by atoms with E-state index in [0.29, 0.717) is 0 Å². The van der Waals surface area contributed by atoms with Gasteiger partial charge in [-0.25, -0.2) is 0 Å². The second kappa shape index (κ2) is 6.12. The number of amides is 1. The number of likely N-dealkylation sites (N-methyl/N-ethyl adjacent to an activating group) is 1. The summed E-state index contributed by atoms with van der Waals surface area (Å²) < 4.78 is 0. The number of hydrogen-bond donors (Lipinski definition) is 2. The fourth-order valence-electron chi connectivity index (χ4n) is 0.777. The maximum atomic E-state index is 9.22. The zero-order chi connectivity index (χ0) is 8.69. The second-order valence-electron chi connectivity index (χ2n) is 2.66. The van der Waals surface area contributed by atoms with E-state index in [-0.39, 0.29) is 5.91 Å². The van der Waals surface area contributed by atoms with Crippen LogP contribution in [0, 0.1) is 0 Å². The third-order valence-electron chi connectivity index (χ3n) is 1.34. The van der Waals surface area contributed by atoms with Crippen LogP contribution in [0.15, 0.2) is 0 Å². The van der Waals surface area contributed by atoms with E-state index in [4.69, 9.17) is 0 Å². The third kappa shape index (κ3) is 9.39. The molecule has 0 aromatic rings. The average molecular weight is 159 g/mol. The van der Waals surface area contributed by atoms with Crippen LogP contribution in [0.25, 0.3) is 0 Å². The number of primary amides is 1. The van der Waals surface area contributed by atoms with E-state index >= 15 is 0 Å². The number of carbonyl (C=O) groups is 1. The number of hydrogen-bond acceptors (Lipinski definition) is 3. The molecule has 1 aliphatic rings. The maximum absolute atomic E-state index is 9.22. The first-order valence-electron chi connectivity index (χ1n) is 3.78. The molecule has 0 aromatic heterocycles. The molecule has 1 amide bonds. The van der Waals surface area contributed by atoms with Gasteiger partial charge in [-0.15, -0.1) is 0 Å². The van der Waals surface area contributed by atoms with Crippen molar-refractivity contribution >= 4 is 5.91 Å². The molecule has 1 saturated heterocycles. The van der Waals surface area contributed by atoms with Gasteiger partial charge in [0.1, 0.15) is 0 Å². The Bertz CT molecular complexity index is 106. The van der Waals surface area contributed by atoms with Crippen molar-refractivity contribution in [1.29, 1.82) is 0 Å². The van der Waals surface area contributed by atoms with E-state index in [2.05, 4.69) is 23.0 Å². The van der Waals surface area contributed by atoms with Crippen LogP contribution >= 0.6 is 0 Å². The lowest BCUT2D eigenvalue weighted by Crippen LogP contribution is -2.40. The van der Waals surface area contributed by atoms with E-state index in [1.165, 1.54) is 20.0 Å². The molecule has 1 heterocycles. The summed E-state index contributed by atoms with van der Waals surface area (Å²) in [4.78, 5) is 11.6. The first-order valence-corrected chi connectivity index (χ1v) is 3.78. The molecule has 1 aliphatic heterocycles. The van der Waals surface area contributed by atoms with E-state index in [0.717, 1.165) is 13.1 Å². The Morgan fingerprint density at radius 1 is 1.45 bits per heavy atom. The van der Waals surface area contributed by atoms with Gasteiger partial charge in [0.15, 0.2) is 0 Å². The van der Waals surface area contributed by atoms with Crippen LogP contribution < -0.4 is 11.1 Å². The Labute approximate surface area is 67.7 Å². The fourth-order valence-corrected chi connectivity index (χ4v) is 0.777. The molecule has 0 saturated carbocycles. The lowest BCUT2D eigenvalue weighted by atomic mass is 10.4. The van der Waals surface area contributed by atoms with Gasteiger partial charge in [0.05, 0.1) is 0 Å². The molecule has 4 nitrogen and oxygen atoms in total. The van der Waals surface area contributed by atoms with Crippen LogP contribution in [0.3, 0.4) is 0 Å². The van der Waals surface area contributed by atoms with Crippen molar-refractivity contribution in [2.45, 2.75) is 6.92 Å². The maximum Gasteiger partial charge on any atom is 0.214 e. The van der Waals surface area contributed by atoms with Crippen LogP contribution in [0.2, 0.25) is 0 Å². The molecule has 0 aromatic carbocycles. The standard InChI is InChI=1S/C5H12N2.C2H5NO/c1-7-4-2-6-3-5-7;1-2(3)4/h6H,2-5H2,1H3;1H3,(H2,3,4). The van der Waals surface area contributed by atoms with Crippen LogP contribution in [0.1, 0.15) is 6.92 Å². The average Bonchev–Trinajstić information content (AvgIpc) is 1.87. The molecule has 1 rings (SSSR count). The zero-order valence-electron chi connectivity index (χ0n) is 7.26. The SMILES string of the molecule is CC(N)=O.CN1CCNCC1. The molecule has 0 aliphatic carbocycles. The monoisotopic (exact) mass is 159 g/mol. The summed E-state index contributed by atoms with van der Waals surface area (Å²) in [5.41, 5.74) is 4.47. The van der Waals surface area contributed by atoms with Crippen molar-refractivity contribution in [3.8, 4) is 0 Å². The molecule has 0 spiro atoms. The number of nitrogens with zero attached hydrogens (tertiary/aromatic N) is 1. The lowest BCUT2D eigenvalue weighted by Gasteiger charge is -2.21. The van der Waals surface area contributed by atoms with E-state index < -0.39 is 0 Å². The van der Waals surface area contributed by atoms with E-state index in [1.54, 1.807) is 0 Å². The predicted octanol–water partition coefficient (Wildman–Crippen LogP) is -0.987. The molecule has 1 fully saturated rings. The topological polar surface area (TPSA) is 58.4 Å². The van der Waals surface area contributed by atoms with Gasteiger partial charge < -0.3 is 16.0 Å². The van der Waals surface area contributed by atoms with Gasteiger partial charge in [-0.05, 0) is 7.05 Å².